The quantitative estimate of drug-likeness (QED) is 0.442. The molecule has 1 N–H and O–H groups in total. The van der Waals surface area contributed by atoms with E-state index in [-0.39, 0.29) is 10.8 Å². The molecule has 0 atom stereocenters. The first kappa shape index (κ1) is 21.9. The Labute approximate surface area is 180 Å². The lowest BCUT2D eigenvalue weighted by atomic mass is 9.63. The first-order chi connectivity index (χ1) is 14.0. The third-order valence-corrected chi connectivity index (χ3v) is 6.28. The Kier molecular flexibility index (Phi) is 5.94. The molecule has 30 heavy (non-hydrogen) atoms. The molecule has 1 aliphatic rings. The van der Waals surface area contributed by atoms with Gasteiger partial charge in [0.05, 0.1) is 7.11 Å². The number of ether oxygens (including phenoxy) is 1. The lowest BCUT2D eigenvalue weighted by Gasteiger charge is -2.42. The molecule has 0 amide bonds. The van der Waals surface area contributed by atoms with Crippen LogP contribution in [0.25, 0.3) is 17.2 Å². The second-order valence-electron chi connectivity index (χ2n) is 9.55. The van der Waals surface area contributed by atoms with Crippen LogP contribution in [0.1, 0.15) is 64.2 Å². The van der Waals surface area contributed by atoms with Crippen molar-refractivity contribution in [2.75, 3.05) is 7.11 Å². The third-order valence-electron chi connectivity index (χ3n) is 6.28. The Morgan fingerprint density at radius 3 is 2.30 bits per heavy atom. The SMILES string of the molecule is COc1ccc(C=CC(C)=CC(=O)O)cc1-c1ccc2c(c1)C(C)(C)CCC2(C)C. The zero-order chi connectivity index (χ0) is 22.1. The summed E-state index contributed by atoms with van der Waals surface area (Å²) in [5, 5.41) is 8.89. The maximum absolute atomic E-state index is 10.8. The van der Waals surface area contributed by atoms with Gasteiger partial charge in [-0.3, -0.25) is 0 Å². The van der Waals surface area contributed by atoms with Gasteiger partial charge in [0.1, 0.15) is 5.75 Å². The highest BCUT2D eigenvalue weighted by atomic mass is 16.5. The molecule has 0 fully saturated rings. The summed E-state index contributed by atoms with van der Waals surface area (Å²) in [5.41, 5.74) is 7.06. The number of carboxylic acids is 1. The number of hydrogen-bond donors (Lipinski definition) is 1. The van der Waals surface area contributed by atoms with Gasteiger partial charge in [0.2, 0.25) is 0 Å². The molecule has 2 aromatic carbocycles. The lowest BCUT2D eigenvalue weighted by Crippen LogP contribution is -2.33. The number of methoxy groups -OCH3 is 1. The minimum atomic E-state index is -0.938. The lowest BCUT2D eigenvalue weighted by molar-refractivity contribution is -0.131. The van der Waals surface area contributed by atoms with Crippen molar-refractivity contribution in [3.8, 4) is 16.9 Å². The number of carbonyl (C=O) groups is 1. The average molecular weight is 405 g/mol. The van der Waals surface area contributed by atoms with E-state index in [1.807, 2.05) is 24.3 Å². The van der Waals surface area contributed by atoms with E-state index in [0.717, 1.165) is 22.4 Å². The van der Waals surface area contributed by atoms with E-state index >= 15 is 0 Å². The fourth-order valence-corrected chi connectivity index (χ4v) is 4.28. The highest BCUT2D eigenvalue weighted by Crippen LogP contribution is 2.47. The minimum absolute atomic E-state index is 0.143. The van der Waals surface area contributed by atoms with E-state index in [4.69, 9.17) is 9.84 Å². The molecule has 3 heteroatoms. The topological polar surface area (TPSA) is 46.5 Å². The molecule has 0 aliphatic heterocycles. The van der Waals surface area contributed by atoms with Crippen molar-refractivity contribution in [3.63, 3.8) is 0 Å². The third kappa shape index (κ3) is 4.51. The van der Waals surface area contributed by atoms with Crippen LogP contribution in [0.5, 0.6) is 5.75 Å². The maximum Gasteiger partial charge on any atom is 0.328 e. The van der Waals surface area contributed by atoms with Crippen molar-refractivity contribution in [2.45, 2.75) is 58.3 Å². The summed E-state index contributed by atoms with van der Waals surface area (Å²) >= 11 is 0. The fourth-order valence-electron chi connectivity index (χ4n) is 4.28. The Bertz CT molecular complexity index is 1020. The fraction of sp³-hybridized carbons (Fsp3) is 0.370. The number of hydrogen-bond acceptors (Lipinski definition) is 2. The standard InChI is InChI=1S/C27H32O3/c1-18(15-25(28)29)7-8-19-9-12-24(30-6)21(16-19)20-10-11-22-23(17-20)27(4,5)14-13-26(22,2)3/h7-12,15-17H,13-14H2,1-6H3,(H,28,29). The summed E-state index contributed by atoms with van der Waals surface area (Å²) in [5.74, 6) is -0.107. The van der Waals surface area contributed by atoms with Crippen molar-refractivity contribution in [1.82, 2.24) is 0 Å². The van der Waals surface area contributed by atoms with Gasteiger partial charge >= 0.3 is 5.97 Å². The monoisotopic (exact) mass is 404 g/mol. The van der Waals surface area contributed by atoms with E-state index in [0.29, 0.717) is 5.57 Å². The Morgan fingerprint density at radius 1 is 1.00 bits per heavy atom. The molecule has 1 aliphatic carbocycles. The van der Waals surface area contributed by atoms with Crippen LogP contribution in [-0.4, -0.2) is 18.2 Å². The van der Waals surface area contributed by atoms with Crippen LogP contribution in [0.15, 0.2) is 54.1 Å². The van der Waals surface area contributed by atoms with Crippen LogP contribution < -0.4 is 4.74 Å². The zero-order valence-electron chi connectivity index (χ0n) is 18.9. The summed E-state index contributed by atoms with van der Waals surface area (Å²) in [4.78, 5) is 10.8. The molecular weight excluding hydrogens is 372 g/mol. The summed E-state index contributed by atoms with van der Waals surface area (Å²) in [6.07, 6.45) is 7.32. The van der Waals surface area contributed by atoms with Crippen molar-refractivity contribution < 1.29 is 14.6 Å². The normalized spacial score (nSPS) is 17.6. The van der Waals surface area contributed by atoms with Gasteiger partial charge in [-0.2, -0.15) is 0 Å². The van der Waals surface area contributed by atoms with Gasteiger partial charge in [0, 0.05) is 11.6 Å². The number of fused-ring (bicyclic) bond motifs is 1. The first-order valence-electron chi connectivity index (χ1n) is 10.5. The molecule has 3 nitrogen and oxygen atoms in total. The highest BCUT2D eigenvalue weighted by molar-refractivity contribution is 5.81. The molecule has 0 heterocycles. The number of carboxylic acid groups (broad SMARTS) is 1. The average Bonchev–Trinajstić information content (AvgIpc) is 2.69. The first-order valence-corrected chi connectivity index (χ1v) is 10.5. The molecule has 0 saturated carbocycles. The second-order valence-corrected chi connectivity index (χ2v) is 9.55. The largest absolute Gasteiger partial charge is 0.496 e. The van der Waals surface area contributed by atoms with Crippen LogP contribution in [-0.2, 0) is 15.6 Å². The molecular formula is C27H32O3. The Morgan fingerprint density at radius 2 is 1.67 bits per heavy atom. The van der Waals surface area contributed by atoms with Crippen molar-refractivity contribution in [3.05, 3.63) is 70.8 Å². The molecule has 0 bridgehead atoms. The summed E-state index contributed by atoms with van der Waals surface area (Å²) in [6, 6.07) is 12.9. The van der Waals surface area contributed by atoms with E-state index in [1.54, 1.807) is 14.0 Å². The molecule has 2 aromatic rings. The highest BCUT2D eigenvalue weighted by Gasteiger charge is 2.37. The van der Waals surface area contributed by atoms with Crippen molar-refractivity contribution >= 4 is 12.0 Å². The van der Waals surface area contributed by atoms with Crippen LogP contribution in [0.4, 0.5) is 0 Å². The zero-order valence-corrected chi connectivity index (χ0v) is 18.9. The summed E-state index contributed by atoms with van der Waals surface area (Å²) in [6.45, 7) is 11.1. The van der Waals surface area contributed by atoms with Gasteiger partial charge < -0.3 is 9.84 Å². The number of allylic oxidation sites excluding steroid dienone is 2. The molecule has 3 rings (SSSR count). The Hall–Kier alpha value is -2.81. The van der Waals surface area contributed by atoms with Crippen LogP contribution in [0.2, 0.25) is 0 Å². The number of benzene rings is 2. The molecule has 0 spiro atoms. The molecule has 0 unspecified atom stereocenters. The summed E-state index contributed by atoms with van der Waals surface area (Å²) in [7, 11) is 1.69. The minimum Gasteiger partial charge on any atom is -0.496 e. The van der Waals surface area contributed by atoms with E-state index in [2.05, 4.69) is 52.0 Å². The predicted octanol–water partition coefficient (Wildman–Crippen LogP) is 6.76. The Balaban J connectivity index is 2.07. The van der Waals surface area contributed by atoms with Gasteiger partial charge in [-0.15, -0.1) is 0 Å². The van der Waals surface area contributed by atoms with Gasteiger partial charge in [0.15, 0.2) is 0 Å². The number of rotatable bonds is 5. The van der Waals surface area contributed by atoms with Crippen LogP contribution in [0, 0.1) is 0 Å². The summed E-state index contributed by atoms with van der Waals surface area (Å²) < 4.78 is 5.66. The molecule has 158 valence electrons. The maximum atomic E-state index is 10.8. The molecule has 0 saturated heterocycles. The van der Waals surface area contributed by atoms with Gasteiger partial charge in [-0.1, -0.05) is 64.1 Å². The molecule has 0 aromatic heterocycles. The van der Waals surface area contributed by atoms with Gasteiger partial charge in [0.25, 0.3) is 0 Å². The van der Waals surface area contributed by atoms with Crippen molar-refractivity contribution in [1.29, 1.82) is 0 Å². The van der Waals surface area contributed by atoms with E-state index in [9.17, 15) is 4.79 Å². The van der Waals surface area contributed by atoms with Crippen LogP contribution in [0.3, 0.4) is 0 Å². The van der Waals surface area contributed by atoms with Gasteiger partial charge in [-0.05, 0) is 70.6 Å². The van der Waals surface area contributed by atoms with Gasteiger partial charge in [-0.25, -0.2) is 4.79 Å². The second kappa shape index (κ2) is 8.14. The van der Waals surface area contributed by atoms with Crippen LogP contribution >= 0.6 is 0 Å². The van der Waals surface area contributed by atoms with E-state index in [1.165, 1.54) is 30.0 Å². The van der Waals surface area contributed by atoms with E-state index < -0.39 is 5.97 Å². The predicted molar refractivity (Wildman–Crippen MR) is 124 cm³/mol. The number of aliphatic carboxylic acids is 1. The smallest absolute Gasteiger partial charge is 0.328 e. The van der Waals surface area contributed by atoms with Crippen molar-refractivity contribution in [2.24, 2.45) is 0 Å². The molecule has 0 radical (unpaired) electrons.